The van der Waals surface area contributed by atoms with Crippen molar-refractivity contribution in [3.8, 4) is 11.5 Å². The Balaban J connectivity index is 1.54. The van der Waals surface area contributed by atoms with Gasteiger partial charge in [-0.25, -0.2) is 24.5 Å². The van der Waals surface area contributed by atoms with Gasteiger partial charge in [0.2, 0.25) is 0 Å². The first kappa shape index (κ1) is 18.1. The Kier molecular flexibility index (Phi) is 4.29. The number of rotatable bonds is 4. The number of hydrogen-bond acceptors (Lipinski definition) is 7. The lowest BCUT2D eigenvalue weighted by Gasteiger charge is -2.27. The molecule has 2 amide bonds. The number of methoxy groups -OCH3 is 1. The van der Waals surface area contributed by atoms with Crippen LogP contribution in [0.1, 0.15) is 9.67 Å². The molecule has 1 aromatic carbocycles. The molecule has 0 saturated carbocycles. The molecule has 9 heteroatoms. The van der Waals surface area contributed by atoms with Crippen LogP contribution in [-0.4, -0.2) is 29.1 Å². The molecule has 4 heterocycles. The zero-order chi connectivity index (χ0) is 20.7. The van der Waals surface area contributed by atoms with E-state index in [2.05, 4.69) is 15.3 Å². The van der Waals surface area contributed by atoms with Crippen molar-refractivity contribution in [3.63, 3.8) is 0 Å². The van der Waals surface area contributed by atoms with Crippen molar-refractivity contribution >= 4 is 50.7 Å². The zero-order valence-electron chi connectivity index (χ0n) is 15.7. The molecule has 1 aliphatic heterocycles. The summed E-state index contributed by atoms with van der Waals surface area (Å²) in [5, 5.41) is 3.45. The van der Waals surface area contributed by atoms with Crippen LogP contribution in [0.5, 0.6) is 11.5 Å². The first-order valence-corrected chi connectivity index (χ1v) is 9.77. The van der Waals surface area contributed by atoms with Crippen molar-refractivity contribution in [2.45, 2.75) is 0 Å². The highest BCUT2D eigenvalue weighted by atomic mass is 32.1. The summed E-state index contributed by atoms with van der Waals surface area (Å²) in [5.41, 5.74) is 1.00. The normalized spacial score (nSPS) is 12.6. The molecule has 148 valence electrons. The molecule has 1 aliphatic rings. The Bertz CT molecular complexity index is 1270. The van der Waals surface area contributed by atoms with Gasteiger partial charge in [-0.05, 0) is 30.3 Å². The predicted molar refractivity (Wildman–Crippen MR) is 113 cm³/mol. The maximum Gasteiger partial charge on any atom is 0.350 e. The van der Waals surface area contributed by atoms with Crippen molar-refractivity contribution in [2.75, 3.05) is 17.3 Å². The Morgan fingerprint density at radius 1 is 1.07 bits per heavy atom. The van der Waals surface area contributed by atoms with Gasteiger partial charge in [0, 0.05) is 6.20 Å². The van der Waals surface area contributed by atoms with E-state index < -0.39 is 12.0 Å². The van der Waals surface area contributed by atoms with Gasteiger partial charge in [-0.1, -0.05) is 18.2 Å². The number of nitrogens with one attached hydrogen (secondary N) is 1. The lowest BCUT2D eigenvalue weighted by molar-refractivity contribution is 0.0607. The van der Waals surface area contributed by atoms with E-state index in [4.69, 9.17) is 9.47 Å². The Hall–Kier alpha value is -3.98. The third-order valence-electron chi connectivity index (χ3n) is 4.55. The van der Waals surface area contributed by atoms with Crippen molar-refractivity contribution in [1.29, 1.82) is 0 Å². The maximum absolute atomic E-state index is 12.9. The molecular weight excluding hydrogens is 404 g/mol. The molecule has 8 nitrogen and oxygen atoms in total. The van der Waals surface area contributed by atoms with Gasteiger partial charge >= 0.3 is 12.0 Å². The van der Waals surface area contributed by atoms with Gasteiger partial charge < -0.3 is 14.8 Å². The van der Waals surface area contributed by atoms with Crippen LogP contribution in [0.2, 0.25) is 0 Å². The first-order valence-electron chi connectivity index (χ1n) is 8.95. The van der Waals surface area contributed by atoms with Gasteiger partial charge in [0.15, 0.2) is 0 Å². The van der Waals surface area contributed by atoms with Crippen molar-refractivity contribution in [1.82, 2.24) is 9.97 Å². The topological polar surface area (TPSA) is 93.6 Å². The van der Waals surface area contributed by atoms with E-state index in [0.717, 1.165) is 0 Å². The van der Waals surface area contributed by atoms with E-state index in [9.17, 15) is 9.59 Å². The standard InChI is InChI=1S/C21H14N4O4S/c1-28-20(26)18-17-16-14(9-10-22-19(16)30-18)25(21(27)24-17)15-8-7-13(11-23-15)29-12-5-3-2-4-6-12/h2-11H,1H3,(H,24,27). The molecule has 0 saturated heterocycles. The largest absolute Gasteiger partial charge is 0.465 e. The molecule has 1 N–H and O–H groups in total. The molecule has 0 spiro atoms. The van der Waals surface area contributed by atoms with Gasteiger partial charge in [0.1, 0.15) is 27.0 Å². The number of benzene rings is 1. The number of carbonyl (C=O) groups excluding carboxylic acids is 2. The van der Waals surface area contributed by atoms with Crippen LogP contribution in [0.4, 0.5) is 22.0 Å². The number of anilines is 3. The lowest BCUT2D eigenvalue weighted by atomic mass is 10.1. The predicted octanol–water partition coefficient (Wildman–Crippen LogP) is 4.95. The Morgan fingerprint density at radius 3 is 2.63 bits per heavy atom. The third-order valence-corrected chi connectivity index (χ3v) is 5.62. The highest BCUT2D eigenvalue weighted by Crippen LogP contribution is 2.45. The fourth-order valence-electron chi connectivity index (χ4n) is 3.24. The van der Waals surface area contributed by atoms with E-state index in [1.165, 1.54) is 23.3 Å². The van der Waals surface area contributed by atoms with Gasteiger partial charge in [-0.2, -0.15) is 0 Å². The second kappa shape index (κ2) is 7.12. The summed E-state index contributed by atoms with van der Waals surface area (Å²) in [7, 11) is 1.30. The number of para-hydroxylation sites is 1. The highest BCUT2D eigenvalue weighted by Gasteiger charge is 2.33. The monoisotopic (exact) mass is 418 g/mol. The molecule has 0 radical (unpaired) electrons. The van der Waals surface area contributed by atoms with Gasteiger partial charge in [-0.15, -0.1) is 11.3 Å². The molecule has 4 aromatic rings. The number of nitrogens with zero attached hydrogens (tertiary/aromatic N) is 3. The number of urea groups is 1. The summed E-state index contributed by atoms with van der Waals surface area (Å²) in [4.78, 5) is 36.1. The molecule has 0 bridgehead atoms. The van der Waals surface area contributed by atoms with E-state index in [0.29, 0.717) is 43.8 Å². The first-order chi connectivity index (χ1) is 14.7. The minimum Gasteiger partial charge on any atom is -0.465 e. The molecule has 0 aliphatic carbocycles. The average Bonchev–Trinajstić information content (AvgIpc) is 3.14. The van der Waals surface area contributed by atoms with E-state index in [1.54, 1.807) is 30.6 Å². The minimum atomic E-state index is -0.520. The maximum atomic E-state index is 12.9. The number of aromatic nitrogens is 2. The third kappa shape index (κ3) is 2.92. The number of pyridine rings is 2. The van der Waals surface area contributed by atoms with Crippen LogP contribution >= 0.6 is 11.3 Å². The highest BCUT2D eigenvalue weighted by molar-refractivity contribution is 7.21. The molecular formula is C21H14N4O4S. The van der Waals surface area contributed by atoms with Gasteiger partial charge in [-0.3, -0.25) is 0 Å². The van der Waals surface area contributed by atoms with E-state index >= 15 is 0 Å². The van der Waals surface area contributed by atoms with Gasteiger partial charge in [0.25, 0.3) is 0 Å². The summed E-state index contributed by atoms with van der Waals surface area (Å²) in [5.74, 6) is 1.13. The van der Waals surface area contributed by atoms with Crippen LogP contribution < -0.4 is 15.0 Å². The van der Waals surface area contributed by atoms with Crippen LogP contribution in [0.25, 0.3) is 10.2 Å². The number of hydrogen-bond donors (Lipinski definition) is 1. The second-order valence-corrected chi connectivity index (χ2v) is 7.34. The van der Waals surface area contributed by atoms with Crippen molar-refractivity contribution in [2.24, 2.45) is 0 Å². The average molecular weight is 418 g/mol. The molecule has 0 fully saturated rings. The summed E-state index contributed by atoms with van der Waals surface area (Å²) in [6.45, 7) is 0. The molecule has 0 unspecified atom stereocenters. The van der Waals surface area contributed by atoms with E-state index in [-0.39, 0.29) is 0 Å². The smallest absolute Gasteiger partial charge is 0.350 e. The van der Waals surface area contributed by atoms with Crippen molar-refractivity contribution in [3.05, 3.63) is 65.8 Å². The molecule has 5 rings (SSSR count). The number of ether oxygens (including phenoxy) is 2. The lowest BCUT2D eigenvalue weighted by Crippen LogP contribution is -2.34. The fourth-order valence-corrected chi connectivity index (χ4v) is 4.28. The molecule has 3 aromatic heterocycles. The SMILES string of the molecule is COC(=O)c1sc2nccc3c2c1NC(=O)N3c1ccc(Oc2ccccc2)cn1. The fraction of sp³-hybridized carbons (Fsp3) is 0.0476. The van der Waals surface area contributed by atoms with Crippen LogP contribution in [0, 0.1) is 0 Å². The second-order valence-electron chi connectivity index (χ2n) is 6.34. The molecule has 0 atom stereocenters. The number of carbonyl (C=O) groups is 2. The summed E-state index contributed by atoms with van der Waals surface area (Å²) >= 11 is 1.17. The quantitative estimate of drug-likeness (QED) is 0.471. The number of amides is 2. The Morgan fingerprint density at radius 2 is 1.90 bits per heavy atom. The van der Waals surface area contributed by atoms with Crippen molar-refractivity contribution < 1.29 is 19.1 Å². The minimum absolute atomic E-state index is 0.306. The van der Waals surface area contributed by atoms with E-state index in [1.807, 2.05) is 30.3 Å². The van der Waals surface area contributed by atoms with Crippen LogP contribution in [-0.2, 0) is 4.74 Å². The molecule has 30 heavy (non-hydrogen) atoms. The summed E-state index contributed by atoms with van der Waals surface area (Å²) < 4.78 is 10.6. The Labute approximate surface area is 174 Å². The van der Waals surface area contributed by atoms with Crippen LogP contribution in [0.15, 0.2) is 60.9 Å². The van der Waals surface area contributed by atoms with Gasteiger partial charge in [0.05, 0.1) is 30.1 Å². The van der Waals surface area contributed by atoms with Crippen LogP contribution in [0.3, 0.4) is 0 Å². The number of thiophene rings is 1. The summed E-state index contributed by atoms with van der Waals surface area (Å²) in [6.07, 6.45) is 3.15. The summed E-state index contributed by atoms with van der Waals surface area (Å²) in [6, 6.07) is 14.1. The zero-order valence-corrected chi connectivity index (χ0v) is 16.5. The number of esters is 1.